The lowest BCUT2D eigenvalue weighted by molar-refractivity contribution is -0.126. The van der Waals surface area contributed by atoms with Crippen LogP contribution in [0.1, 0.15) is 23.6 Å². The van der Waals surface area contributed by atoms with Crippen molar-refractivity contribution in [1.82, 2.24) is 4.31 Å². The Bertz CT molecular complexity index is 1120. The molecule has 29 heavy (non-hydrogen) atoms. The normalized spacial score (nSPS) is 15.6. The zero-order chi connectivity index (χ0) is 21.3. The van der Waals surface area contributed by atoms with Gasteiger partial charge in [-0.1, -0.05) is 6.07 Å². The third-order valence-electron chi connectivity index (χ3n) is 4.87. The van der Waals surface area contributed by atoms with Crippen LogP contribution >= 0.6 is 0 Å². The van der Waals surface area contributed by atoms with Crippen LogP contribution in [0.4, 0.5) is 5.69 Å². The lowest BCUT2D eigenvalue weighted by Gasteiger charge is -2.17. The van der Waals surface area contributed by atoms with E-state index in [0.29, 0.717) is 21.3 Å². The molecule has 152 valence electrons. The van der Waals surface area contributed by atoms with Crippen LogP contribution in [0.5, 0.6) is 5.75 Å². The Morgan fingerprint density at radius 3 is 2.28 bits per heavy atom. The zero-order valence-electron chi connectivity index (χ0n) is 16.6. The van der Waals surface area contributed by atoms with Gasteiger partial charge in [0.1, 0.15) is 17.2 Å². The van der Waals surface area contributed by atoms with Gasteiger partial charge in [0.25, 0.3) is 15.9 Å². The quantitative estimate of drug-likeness (QED) is 0.812. The van der Waals surface area contributed by atoms with Crippen molar-refractivity contribution in [3.8, 4) is 5.75 Å². The van der Waals surface area contributed by atoms with Gasteiger partial charge in [-0.15, -0.1) is 0 Å². The van der Waals surface area contributed by atoms with E-state index in [4.69, 9.17) is 4.74 Å². The summed E-state index contributed by atoms with van der Waals surface area (Å²) in [6.45, 7) is 4.71. The minimum absolute atomic E-state index is 0.0779. The summed E-state index contributed by atoms with van der Waals surface area (Å²) in [5.74, 6) is -0.724. The Labute approximate surface area is 170 Å². The summed E-state index contributed by atoms with van der Waals surface area (Å²) in [6, 6.07) is 11.8. The lowest BCUT2D eigenvalue weighted by Crippen LogP contribution is -2.38. The minimum Gasteiger partial charge on any atom is -0.497 e. The molecule has 0 aromatic heterocycles. The maximum atomic E-state index is 13.0. The highest BCUT2D eigenvalue weighted by Gasteiger charge is 2.43. The fraction of sp³-hybridized carbons (Fsp3) is 0.238. The molecule has 0 saturated carbocycles. The number of hydrogen-bond donors (Lipinski definition) is 1. The van der Waals surface area contributed by atoms with Crippen molar-refractivity contribution in [3.05, 3.63) is 64.7 Å². The van der Waals surface area contributed by atoms with E-state index in [2.05, 4.69) is 5.32 Å². The third-order valence-corrected chi connectivity index (χ3v) is 6.80. The molecule has 1 heterocycles. The summed E-state index contributed by atoms with van der Waals surface area (Å²) in [5, 5.41) is 2.65. The van der Waals surface area contributed by atoms with Crippen molar-refractivity contribution in [2.24, 2.45) is 0 Å². The van der Waals surface area contributed by atoms with E-state index in [0.717, 1.165) is 11.1 Å². The first-order valence-corrected chi connectivity index (χ1v) is 10.4. The van der Waals surface area contributed by atoms with E-state index >= 15 is 0 Å². The van der Waals surface area contributed by atoms with Crippen LogP contribution in [-0.2, 0) is 19.6 Å². The Morgan fingerprint density at radius 2 is 1.69 bits per heavy atom. The number of methoxy groups -OCH3 is 1. The summed E-state index contributed by atoms with van der Waals surface area (Å²) < 4.78 is 31.7. The number of rotatable bonds is 5. The number of carbonyl (C=O) groups is 2. The second-order valence-electron chi connectivity index (χ2n) is 6.85. The molecule has 0 fully saturated rings. The Morgan fingerprint density at radius 1 is 1.03 bits per heavy atom. The van der Waals surface area contributed by atoms with E-state index in [1.165, 1.54) is 14.0 Å². The lowest BCUT2D eigenvalue weighted by atomic mass is 10.1. The topological polar surface area (TPSA) is 92.8 Å². The van der Waals surface area contributed by atoms with Crippen LogP contribution in [0, 0.1) is 13.8 Å². The average Bonchev–Trinajstić information content (AvgIpc) is 2.84. The molecule has 1 N–H and O–H groups in total. The predicted molar refractivity (Wildman–Crippen MR) is 111 cm³/mol. The molecule has 2 aromatic rings. The maximum Gasteiger partial charge on any atom is 0.268 e. The monoisotopic (exact) mass is 414 g/mol. The molecule has 0 unspecified atom stereocenters. The fourth-order valence-electron chi connectivity index (χ4n) is 3.11. The first-order valence-electron chi connectivity index (χ1n) is 8.94. The number of nitrogens with one attached hydrogen (secondary N) is 1. The molecule has 0 bridgehead atoms. The van der Waals surface area contributed by atoms with E-state index in [1.807, 2.05) is 19.9 Å². The van der Waals surface area contributed by atoms with Crippen LogP contribution in [0.15, 0.2) is 48.0 Å². The molecular weight excluding hydrogens is 392 g/mol. The maximum absolute atomic E-state index is 13.0. The Hall–Kier alpha value is -3.13. The molecule has 0 saturated heterocycles. The predicted octanol–water partition coefficient (Wildman–Crippen LogP) is 2.85. The number of benzene rings is 2. The van der Waals surface area contributed by atoms with E-state index in [-0.39, 0.29) is 10.5 Å². The fourth-order valence-corrected chi connectivity index (χ4v) is 4.88. The van der Waals surface area contributed by atoms with Gasteiger partial charge in [0.2, 0.25) is 5.91 Å². The molecule has 0 atom stereocenters. The molecular formula is C21H22N2O5S. The summed E-state index contributed by atoms with van der Waals surface area (Å²) in [4.78, 5) is 24.9. The summed E-state index contributed by atoms with van der Waals surface area (Å²) in [5.41, 5.74) is 3.06. The molecule has 3 rings (SSSR count). The number of carbonyl (C=O) groups excluding carboxylic acids is 2. The van der Waals surface area contributed by atoms with Gasteiger partial charge in [0.15, 0.2) is 0 Å². The van der Waals surface area contributed by atoms with E-state index in [9.17, 15) is 18.0 Å². The molecule has 2 amide bonds. The molecule has 0 aliphatic carbocycles. The second kappa shape index (κ2) is 7.71. The minimum atomic E-state index is -4.14. The molecule has 8 heteroatoms. The van der Waals surface area contributed by atoms with Gasteiger partial charge in [0, 0.05) is 11.3 Å². The molecule has 2 aromatic carbocycles. The number of nitrogens with zero attached hydrogens (tertiary/aromatic N) is 1. The van der Waals surface area contributed by atoms with Gasteiger partial charge in [-0.25, -0.2) is 12.7 Å². The van der Waals surface area contributed by atoms with Gasteiger partial charge in [-0.3, -0.25) is 9.59 Å². The highest BCUT2D eigenvalue weighted by molar-refractivity contribution is 7.99. The highest BCUT2D eigenvalue weighted by Crippen LogP contribution is 2.35. The van der Waals surface area contributed by atoms with Gasteiger partial charge >= 0.3 is 0 Å². The number of amides is 2. The van der Waals surface area contributed by atoms with E-state index < -0.39 is 28.4 Å². The SMILES string of the molecule is COc1ccc(C2=C(C)C(=O)N(CC(=O)Nc3ccc(C)c(C)c3)S2(=O)=O)cc1. The van der Waals surface area contributed by atoms with Crippen molar-refractivity contribution in [1.29, 1.82) is 0 Å². The largest absolute Gasteiger partial charge is 0.497 e. The zero-order valence-corrected chi connectivity index (χ0v) is 17.5. The molecule has 0 spiro atoms. The molecule has 1 aliphatic heterocycles. The summed E-state index contributed by atoms with van der Waals surface area (Å²) >= 11 is 0. The smallest absolute Gasteiger partial charge is 0.268 e. The first-order chi connectivity index (χ1) is 13.6. The Balaban J connectivity index is 1.83. The summed E-state index contributed by atoms with van der Waals surface area (Å²) in [6.07, 6.45) is 0. The van der Waals surface area contributed by atoms with Gasteiger partial charge in [0.05, 0.1) is 7.11 Å². The standard InChI is InChI=1S/C21H22N2O5S/c1-13-5-8-17(11-14(13)2)22-19(24)12-23-21(25)15(3)20(29(23,26)27)16-6-9-18(28-4)10-7-16/h5-11H,12H2,1-4H3,(H,22,24). The van der Waals surface area contributed by atoms with E-state index in [1.54, 1.807) is 36.4 Å². The number of hydrogen-bond acceptors (Lipinski definition) is 5. The van der Waals surface area contributed by atoms with Crippen LogP contribution in [0.25, 0.3) is 4.91 Å². The molecule has 7 nitrogen and oxygen atoms in total. The van der Waals surface area contributed by atoms with Crippen LogP contribution in [-0.4, -0.2) is 38.2 Å². The highest BCUT2D eigenvalue weighted by atomic mass is 32.2. The average molecular weight is 414 g/mol. The second-order valence-corrected chi connectivity index (χ2v) is 8.65. The third kappa shape index (κ3) is 3.88. The van der Waals surface area contributed by atoms with Crippen molar-refractivity contribution in [2.45, 2.75) is 20.8 Å². The van der Waals surface area contributed by atoms with Crippen molar-refractivity contribution < 1.29 is 22.7 Å². The van der Waals surface area contributed by atoms with Crippen molar-refractivity contribution in [3.63, 3.8) is 0 Å². The Kier molecular flexibility index (Phi) is 5.48. The number of ether oxygens (including phenoxy) is 1. The van der Waals surface area contributed by atoms with Crippen LogP contribution in [0.2, 0.25) is 0 Å². The van der Waals surface area contributed by atoms with Gasteiger partial charge in [-0.2, -0.15) is 0 Å². The van der Waals surface area contributed by atoms with Gasteiger partial charge < -0.3 is 10.1 Å². The summed E-state index contributed by atoms with van der Waals surface area (Å²) in [7, 11) is -2.63. The van der Waals surface area contributed by atoms with Crippen molar-refractivity contribution >= 4 is 32.4 Å². The number of aryl methyl sites for hydroxylation is 2. The van der Waals surface area contributed by atoms with Gasteiger partial charge in [-0.05, 0) is 73.9 Å². The number of anilines is 1. The number of sulfonamides is 1. The van der Waals surface area contributed by atoms with Crippen LogP contribution in [0.3, 0.4) is 0 Å². The molecule has 0 radical (unpaired) electrons. The van der Waals surface area contributed by atoms with Crippen LogP contribution < -0.4 is 10.1 Å². The molecule has 1 aliphatic rings. The van der Waals surface area contributed by atoms with Crippen molar-refractivity contribution in [2.75, 3.05) is 19.0 Å². The first kappa shape index (κ1) is 20.6.